The van der Waals surface area contributed by atoms with Crippen molar-refractivity contribution in [2.45, 2.75) is 155 Å². The van der Waals surface area contributed by atoms with Gasteiger partial charge in [0.05, 0.1) is 13.2 Å². The van der Waals surface area contributed by atoms with E-state index in [1.165, 1.54) is 70.6 Å². The maximum atomic E-state index is 12.5. The van der Waals surface area contributed by atoms with E-state index in [4.69, 9.17) is 24.3 Å². The van der Waals surface area contributed by atoms with E-state index in [-0.39, 0.29) is 32.6 Å². The number of hydrogen-bond acceptors (Lipinski definition) is 8. The molecule has 0 bridgehead atoms. The Kier molecular flexibility index (Phi) is 31.9. The predicted molar refractivity (Wildman–Crippen MR) is 187 cm³/mol. The van der Waals surface area contributed by atoms with Crippen molar-refractivity contribution >= 4 is 19.8 Å². The molecule has 0 saturated heterocycles. The van der Waals surface area contributed by atoms with Gasteiger partial charge in [0.15, 0.2) is 6.10 Å². The van der Waals surface area contributed by atoms with E-state index in [1.807, 2.05) is 6.08 Å². The highest BCUT2D eigenvalue weighted by Gasteiger charge is 2.25. The predicted octanol–water partition coefficient (Wildman–Crippen LogP) is 9.43. The highest BCUT2D eigenvalue weighted by Crippen LogP contribution is 2.43. The van der Waals surface area contributed by atoms with Crippen LogP contribution in [0, 0.1) is 0 Å². The van der Waals surface area contributed by atoms with E-state index < -0.39 is 32.5 Å². The van der Waals surface area contributed by atoms with Crippen molar-refractivity contribution in [1.29, 1.82) is 0 Å². The second-order valence-electron chi connectivity index (χ2n) is 11.7. The number of rotatable bonds is 33. The van der Waals surface area contributed by atoms with Crippen LogP contribution in [0.4, 0.5) is 0 Å². The summed E-state index contributed by atoms with van der Waals surface area (Å²) in [6, 6.07) is 0. The lowest BCUT2D eigenvalue weighted by atomic mass is 10.1. The lowest BCUT2D eigenvalue weighted by Crippen LogP contribution is -2.29. The highest BCUT2D eigenvalue weighted by molar-refractivity contribution is 7.47. The van der Waals surface area contributed by atoms with Crippen molar-refractivity contribution in [3.8, 4) is 0 Å². The number of allylic oxidation sites excluding steroid dienone is 6. The van der Waals surface area contributed by atoms with Gasteiger partial charge in [-0.3, -0.25) is 18.6 Å². The molecule has 0 aliphatic heterocycles. The largest absolute Gasteiger partial charge is 0.472 e. The fourth-order valence-corrected chi connectivity index (χ4v) is 5.35. The standard InChI is InChI=1S/C36H66NO8P/c1-3-5-7-9-11-13-14-15-16-17-18-19-20-21-23-25-27-29-36(39)45-34(33-44-46(40,41)43-31-30-37)32-42-35(38)28-26-24-22-12-10-8-6-4-2/h15-16,18-19,21,23,34H,3-14,17,20,22,24-33,37H2,1-2H3,(H,40,41)/b16-15+,19-18+,23-21+/t34-/m1/s1. The molecule has 0 saturated carbocycles. The third-order valence-corrected chi connectivity index (χ3v) is 8.26. The highest BCUT2D eigenvalue weighted by atomic mass is 31.2. The quantitative estimate of drug-likeness (QED) is 0.0303. The first-order valence-electron chi connectivity index (χ1n) is 18.0. The van der Waals surface area contributed by atoms with E-state index in [2.05, 4.69) is 44.2 Å². The number of unbranched alkanes of at least 4 members (excludes halogenated alkanes) is 14. The monoisotopic (exact) mass is 671 g/mol. The third kappa shape index (κ3) is 32.2. The van der Waals surface area contributed by atoms with Gasteiger partial charge in [-0.2, -0.15) is 0 Å². The Bertz CT molecular complexity index is 861. The minimum atomic E-state index is -4.38. The number of phosphoric ester groups is 1. The van der Waals surface area contributed by atoms with Gasteiger partial charge in [0.2, 0.25) is 0 Å². The minimum absolute atomic E-state index is 0.0457. The van der Waals surface area contributed by atoms with E-state index in [0.717, 1.165) is 38.5 Å². The van der Waals surface area contributed by atoms with Crippen LogP contribution in [0.1, 0.15) is 149 Å². The van der Waals surface area contributed by atoms with E-state index in [0.29, 0.717) is 12.8 Å². The summed E-state index contributed by atoms with van der Waals surface area (Å²) in [6.45, 7) is 3.61. The molecule has 0 heterocycles. The van der Waals surface area contributed by atoms with Gasteiger partial charge in [-0.05, 0) is 44.9 Å². The second kappa shape index (κ2) is 33.1. The van der Waals surface area contributed by atoms with E-state index in [1.54, 1.807) is 0 Å². The number of phosphoric acid groups is 1. The molecule has 0 aromatic carbocycles. The summed E-state index contributed by atoms with van der Waals surface area (Å²) in [5, 5.41) is 0. The van der Waals surface area contributed by atoms with Crippen molar-refractivity contribution in [3.63, 3.8) is 0 Å². The topological polar surface area (TPSA) is 134 Å². The number of carbonyl (C=O) groups is 2. The SMILES string of the molecule is CCCCCCCC/C=C/C/C=C/C/C=C/CCCC(=O)O[C@H](COC(=O)CCCCCCCCCC)COP(=O)(O)OCCN. The molecule has 0 aliphatic carbocycles. The molecular formula is C36H66NO8P. The Morgan fingerprint density at radius 3 is 1.74 bits per heavy atom. The second-order valence-corrected chi connectivity index (χ2v) is 13.2. The molecule has 1 unspecified atom stereocenters. The number of esters is 2. The minimum Gasteiger partial charge on any atom is -0.462 e. The first-order chi connectivity index (χ1) is 22.3. The molecular weight excluding hydrogens is 605 g/mol. The molecule has 3 N–H and O–H groups in total. The average molecular weight is 672 g/mol. The summed E-state index contributed by atoms with van der Waals surface area (Å²) in [5.41, 5.74) is 5.31. The first-order valence-corrected chi connectivity index (χ1v) is 19.5. The summed E-state index contributed by atoms with van der Waals surface area (Å²) in [7, 11) is -4.38. The van der Waals surface area contributed by atoms with E-state index >= 15 is 0 Å². The summed E-state index contributed by atoms with van der Waals surface area (Å²) < 4.78 is 32.4. The summed E-state index contributed by atoms with van der Waals surface area (Å²) in [4.78, 5) is 34.5. The van der Waals surface area contributed by atoms with Crippen molar-refractivity contribution in [2.24, 2.45) is 5.73 Å². The average Bonchev–Trinajstić information content (AvgIpc) is 3.04. The molecule has 0 rings (SSSR count). The van der Waals surface area contributed by atoms with Gasteiger partial charge < -0.3 is 20.1 Å². The van der Waals surface area contributed by atoms with Gasteiger partial charge in [0.1, 0.15) is 6.61 Å². The molecule has 268 valence electrons. The molecule has 0 spiro atoms. The van der Waals surface area contributed by atoms with Crippen LogP contribution in [0.2, 0.25) is 0 Å². The molecule has 0 radical (unpaired) electrons. The molecule has 0 aliphatic rings. The Labute approximate surface area is 280 Å². The molecule has 0 fully saturated rings. The third-order valence-electron chi connectivity index (χ3n) is 7.28. The summed E-state index contributed by atoms with van der Waals surface area (Å²) >= 11 is 0. The molecule has 0 aromatic rings. The zero-order valence-electron chi connectivity index (χ0n) is 29.0. The van der Waals surface area contributed by atoms with Gasteiger partial charge in [-0.15, -0.1) is 0 Å². The van der Waals surface area contributed by atoms with Crippen LogP contribution >= 0.6 is 7.82 Å². The molecule has 9 nitrogen and oxygen atoms in total. The number of carbonyl (C=O) groups excluding carboxylic acids is 2. The normalized spacial score (nSPS) is 13.9. The van der Waals surface area contributed by atoms with Crippen LogP contribution < -0.4 is 5.73 Å². The zero-order chi connectivity index (χ0) is 34.0. The van der Waals surface area contributed by atoms with Gasteiger partial charge in [0.25, 0.3) is 0 Å². The smallest absolute Gasteiger partial charge is 0.462 e. The Hall–Kier alpha value is -1.77. The van der Waals surface area contributed by atoms with Crippen LogP contribution in [-0.4, -0.2) is 49.3 Å². The summed E-state index contributed by atoms with van der Waals surface area (Å²) in [5.74, 6) is -0.897. The van der Waals surface area contributed by atoms with Crippen molar-refractivity contribution in [1.82, 2.24) is 0 Å². The molecule has 0 aromatic heterocycles. The molecule has 10 heteroatoms. The van der Waals surface area contributed by atoms with Gasteiger partial charge in [-0.25, -0.2) is 4.57 Å². The molecule has 0 amide bonds. The van der Waals surface area contributed by atoms with Crippen LogP contribution in [0.15, 0.2) is 36.5 Å². The lowest BCUT2D eigenvalue weighted by Gasteiger charge is -2.19. The van der Waals surface area contributed by atoms with E-state index in [9.17, 15) is 19.0 Å². The van der Waals surface area contributed by atoms with Gasteiger partial charge in [-0.1, -0.05) is 127 Å². The Balaban J connectivity index is 4.33. The fourth-order valence-electron chi connectivity index (χ4n) is 4.59. The molecule has 46 heavy (non-hydrogen) atoms. The number of ether oxygens (including phenoxy) is 2. The maximum absolute atomic E-state index is 12.5. The number of hydrogen-bond donors (Lipinski definition) is 2. The fraction of sp³-hybridized carbons (Fsp3) is 0.778. The van der Waals surface area contributed by atoms with Crippen molar-refractivity contribution in [2.75, 3.05) is 26.4 Å². The molecule has 2 atom stereocenters. The zero-order valence-corrected chi connectivity index (χ0v) is 29.9. The van der Waals surface area contributed by atoms with Crippen LogP contribution in [0.5, 0.6) is 0 Å². The Morgan fingerprint density at radius 2 is 1.15 bits per heavy atom. The number of nitrogens with two attached hydrogens (primary N) is 1. The van der Waals surface area contributed by atoms with Crippen molar-refractivity contribution in [3.05, 3.63) is 36.5 Å². The van der Waals surface area contributed by atoms with Gasteiger partial charge >= 0.3 is 19.8 Å². The lowest BCUT2D eigenvalue weighted by molar-refractivity contribution is -0.161. The van der Waals surface area contributed by atoms with Crippen LogP contribution in [0.3, 0.4) is 0 Å². The summed E-state index contributed by atoms with van der Waals surface area (Å²) in [6.07, 6.45) is 33.4. The maximum Gasteiger partial charge on any atom is 0.472 e. The first kappa shape index (κ1) is 44.2. The van der Waals surface area contributed by atoms with Crippen LogP contribution in [-0.2, 0) is 32.7 Å². The Morgan fingerprint density at radius 1 is 0.652 bits per heavy atom. The van der Waals surface area contributed by atoms with Crippen molar-refractivity contribution < 1.29 is 37.6 Å². The van der Waals surface area contributed by atoms with Gasteiger partial charge in [0, 0.05) is 19.4 Å². The van der Waals surface area contributed by atoms with Crippen LogP contribution in [0.25, 0.3) is 0 Å².